The highest BCUT2D eigenvalue weighted by Gasteiger charge is 2.11. The van der Waals surface area contributed by atoms with Gasteiger partial charge in [0.1, 0.15) is 0 Å². The summed E-state index contributed by atoms with van der Waals surface area (Å²) in [4.78, 5) is 11.4. The average Bonchev–Trinajstić information content (AvgIpc) is 2.37. The highest BCUT2D eigenvalue weighted by molar-refractivity contribution is 6.33. The maximum absolute atomic E-state index is 11.4. The molecule has 0 bridgehead atoms. The predicted molar refractivity (Wildman–Crippen MR) is 78.4 cm³/mol. The molecule has 96 valence electrons. The van der Waals surface area contributed by atoms with Crippen LogP contribution in [0, 0.1) is 0 Å². The Morgan fingerprint density at radius 2 is 1.79 bits per heavy atom. The minimum atomic E-state index is -1.03. The Morgan fingerprint density at radius 1 is 1.05 bits per heavy atom. The van der Waals surface area contributed by atoms with Gasteiger partial charge >= 0.3 is 5.97 Å². The minimum absolute atomic E-state index is 0.149. The maximum atomic E-state index is 11.4. The van der Waals surface area contributed by atoms with E-state index in [1.807, 2.05) is 0 Å². The summed E-state index contributed by atoms with van der Waals surface area (Å²) in [7, 11) is 0. The van der Waals surface area contributed by atoms with Crippen molar-refractivity contribution in [1.82, 2.24) is 0 Å². The van der Waals surface area contributed by atoms with E-state index in [0.29, 0.717) is 21.2 Å². The number of benzene rings is 2. The van der Waals surface area contributed by atoms with Crippen molar-refractivity contribution in [2.45, 2.75) is 0 Å². The Bertz CT molecular complexity index is 648. The van der Waals surface area contributed by atoms with E-state index in [4.69, 9.17) is 23.2 Å². The highest BCUT2D eigenvalue weighted by Crippen LogP contribution is 2.24. The monoisotopic (exact) mass is 292 g/mol. The van der Waals surface area contributed by atoms with Gasteiger partial charge in [0, 0.05) is 10.0 Å². The van der Waals surface area contributed by atoms with Gasteiger partial charge in [-0.05, 0) is 35.4 Å². The van der Waals surface area contributed by atoms with Crippen LogP contribution in [0.25, 0.3) is 11.6 Å². The molecule has 0 fully saturated rings. The molecule has 0 aliphatic rings. The molecule has 0 radical (unpaired) electrons. The van der Waals surface area contributed by atoms with Crippen molar-refractivity contribution in [3.05, 3.63) is 69.7 Å². The smallest absolute Gasteiger partial charge is 0.336 e. The second kappa shape index (κ2) is 5.91. The van der Waals surface area contributed by atoms with Crippen LogP contribution in [-0.2, 0) is 4.79 Å². The molecular formula is C15H10Cl2O2. The van der Waals surface area contributed by atoms with Crippen molar-refractivity contribution >= 4 is 40.8 Å². The normalized spacial score (nSPS) is 11.4. The van der Waals surface area contributed by atoms with Gasteiger partial charge in [-0.1, -0.05) is 53.5 Å². The van der Waals surface area contributed by atoms with E-state index < -0.39 is 5.97 Å². The number of halogens is 2. The van der Waals surface area contributed by atoms with Crippen LogP contribution in [-0.4, -0.2) is 11.1 Å². The first kappa shape index (κ1) is 13.7. The molecule has 0 saturated heterocycles. The van der Waals surface area contributed by atoms with Gasteiger partial charge in [-0.25, -0.2) is 4.79 Å². The number of aliphatic carboxylic acids is 1. The predicted octanol–water partition coefficient (Wildman–Crippen LogP) is 4.62. The van der Waals surface area contributed by atoms with Gasteiger partial charge < -0.3 is 5.11 Å². The fourth-order valence-electron chi connectivity index (χ4n) is 1.67. The Hall–Kier alpha value is -1.77. The summed E-state index contributed by atoms with van der Waals surface area (Å²) in [5.41, 5.74) is 1.34. The molecule has 0 saturated carbocycles. The zero-order valence-electron chi connectivity index (χ0n) is 9.81. The summed E-state index contributed by atoms with van der Waals surface area (Å²) in [6.07, 6.45) is 1.54. The molecule has 0 aromatic heterocycles. The lowest BCUT2D eigenvalue weighted by molar-refractivity contribution is -0.130. The van der Waals surface area contributed by atoms with E-state index in [9.17, 15) is 9.90 Å². The molecule has 1 N–H and O–H groups in total. The molecular weight excluding hydrogens is 283 g/mol. The molecule has 2 rings (SSSR count). The summed E-state index contributed by atoms with van der Waals surface area (Å²) in [5.74, 6) is -1.03. The second-order valence-electron chi connectivity index (χ2n) is 3.90. The van der Waals surface area contributed by atoms with Crippen LogP contribution >= 0.6 is 23.2 Å². The number of carboxylic acid groups (broad SMARTS) is 1. The quantitative estimate of drug-likeness (QED) is 0.662. The maximum Gasteiger partial charge on any atom is 0.336 e. The summed E-state index contributed by atoms with van der Waals surface area (Å²) in [5, 5.41) is 10.3. The van der Waals surface area contributed by atoms with Gasteiger partial charge in [-0.2, -0.15) is 0 Å². The SMILES string of the molecule is O=C(O)/C(=C/c1ccccc1Cl)c1cccc(Cl)c1. The van der Waals surface area contributed by atoms with Crippen LogP contribution in [0.1, 0.15) is 11.1 Å². The summed E-state index contributed by atoms with van der Waals surface area (Å²) in [6.45, 7) is 0. The molecule has 0 aliphatic carbocycles. The van der Waals surface area contributed by atoms with Crippen LogP contribution in [0.15, 0.2) is 48.5 Å². The third-order valence-corrected chi connectivity index (χ3v) is 3.15. The van der Waals surface area contributed by atoms with Crippen LogP contribution in [0.5, 0.6) is 0 Å². The van der Waals surface area contributed by atoms with Crippen LogP contribution in [0.2, 0.25) is 10.0 Å². The van der Waals surface area contributed by atoms with Crippen molar-refractivity contribution < 1.29 is 9.90 Å². The zero-order valence-corrected chi connectivity index (χ0v) is 11.3. The first-order valence-electron chi connectivity index (χ1n) is 5.53. The topological polar surface area (TPSA) is 37.3 Å². The number of hydrogen-bond acceptors (Lipinski definition) is 1. The van der Waals surface area contributed by atoms with E-state index in [-0.39, 0.29) is 5.57 Å². The second-order valence-corrected chi connectivity index (χ2v) is 4.74. The lowest BCUT2D eigenvalue weighted by atomic mass is 10.0. The van der Waals surface area contributed by atoms with Gasteiger partial charge in [0.2, 0.25) is 0 Å². The largest absolute Gasteiger partial charge is 0.478 e. The first-order valence-corrected chi connectivity index (χ1v) is 6.29. The Balaban J connectivity index is 2.53. The molecule has 0 spiro atoms. The fraction of sp³-hybridized carbons (Fsp3) is 0. The third-order valence-electron chi connectivity index (χ3n) is 2.57. The molecule has 2 aromatic carbocycles. The number of rotatable bonds is 3. The summed E-state index contributed by atoms with van der Waals surface area (Å²) >= 11 is 11.9. The number of carboxylic acids is 1. The summed E-state index contributed by atoms with van der Waals surface area (Å²) < 4.78 is 0. The summed E-state index contributed by atoms with van der Waals surface area (Å²) in [6, 6.07) is 13.8. The van der Waals surface area contributed by atoms with Crippen molar-refractivity contribution in [1.29, 1.82) is 0 Å². The number of carbonyl (C=O) groups is 1. The van der Waals surface area contributed by atoms with Crippen LogP contribution < -0.4 is 0 Å². The molecule has 2 nitrogen and oxygen atoms in total. The fourth-order valence-corrected chi connectivity index (χ4v) is 2.05. The van der Waals surface area contributed by atoms with Crippen LogP contribution in [0.3, 0.4) is 0 Å². The lowest BCUT2D eigenvalue weighted by Crippen LogP contribution is -1.99. The molecule has 0 aliphatic heterocycles. The third kappa shape index (κ3) is 3.37. The Kier molecular flexibility index (Phi) is 4.25. The lowest BCUT2D eigenvalue weighted by Gasteiger charge is -2.05. The molecule has 0 amide bonds. The molecule has 0 heterocycles. The molecule has 0 unspecified atom stereocenters. The van der Waals surface area contributed by atoms with E-state index >= 15 is 0 Å². The van der Waals surface area contributed by atoms with Gasteiger partial charge in [0.25, 0.3) is 0 Å². The van der Waals surface area contributed by atoms with Gasteiger partial charge in [0.05, 0.1) is 5.57 Å². The Labute approximate surface area is 120 Å². The van der Waals surface area contributed by atoms with E-state index in [1.54, 1.807) is 48.5 Å². The molecule has 4 heteroatoms. The molecule has 2 aromatic rings. The van der Waals surface area contributed by atoms with Crippen molar-refractivity contribution in [3.63, 3.8) is 0 Å². The van der Waals surface area contributed by atoms with E-state index in [0.717, 1.165) is 0 Å². The Morgan fingerprint density at radius 3 is 2.42 bits per heavy atom. The minimum Gasteiger partial charge on any atom is -0.478 e. The van der Waals surface area contributed by atoms with E-state index in [1.165, 1.54) is 6.08 Å². The van der Waals surface area contributed by atoms with Crippen molar-refractivity contribution in [2.24, 2.45) is 0 Å². The molecule has 19 heavy (non-hydrogen) atoms. The highest BCUT2D eigenvalue weighted by atomic mass is 35.5. The van der Waals surface area contributed by atoms with Gasteiger partial charge in [-0.3, -0.25) is 0 Å². The van der Waals surface area contributed by atoms with Gasteiger partial charge in [-0.15, -0.1) is 0 Å². The average molecular weight is 293 g/mol. The standard InChI is InChI=1S/C15H10Cl2O2/c16-12-6-3-5-10(8-12)13(15(18)19)9-11-4-1-2-7-14(11)17/h1-9H,(H,18,19)/b13-9+. The van der Waals surface area contributed by atoms with Crippen molar-refractivity contribution in [2.75, 3.05) is 0 Å². The zero-order chi connectivity index (χ0) is 13.8. The van der Waals surface area contributed by atoms with Gasteiger partial charge in [0.15, 0.2) is 0 Å². The van der Waals surface area contributed by atoms with E-state index in [2.05, 4.69) is 0 Å². The number of hydrogen-bond donors (Lipinski definition) is 1. The first-order chi connectivity index (χ1) is 9.08. The van der Waals surface area contributed by atoms with Crippen LogP contribution in [0.4, 0.5) is 0 Å². The molecule has 0 atom stereocenters. The van der Waals surface area contributed by atoms with Crippen molar-refractivity contribution in [3.8, 4) is 0 Å².